The highest BCUT2D eigenvalue weighted by Gasteiger charge is 2.31. The van der Waals surface area contributed by atoms with Crippen LogP contribution in [-0.2, 0) is 22.7 Å². The summed E-state index contributed by atoms with van der Waals surface area (Å²) >= 11 is 0. The van der Waals surface area contributed by atoms with Crippen LogP contribution in [0, 0.1) is 5.92 Å². The third kappa shape index (κ3) is 8.25. The molecule has 2 fully saturated rings. The number of likely N-dealkylation sites (tertiary alicyclic amines) is 1. The fourth-order valence-corrected chi connectivity index (χ4v) is 4.35. The molecule has 1 aliphatic heterocycles. The highest BCUT2D eigenvalue weighted by molar-refractivity contribution is 14.0. The van der Waals surface area contributed by atoms with E-state index < -0.39 is 0 Å². The van der Waals surface area contributed by atoms with Gasteiger partial charge in [-0.3, -0.25) is 9.79 Å². The van der Waals surface area contributed by atoms with Gasteiger partial charge in [0.1, 0.15) is 0 Å². The molecule has 0 aromatic heterocycles. The van der Waals surface area contributed by atoms with Crippen molar-refractivity contribution in [2.75, 3.05) is 20.1 Å². The molecule has 7 heteroatoms. The largest absolute Gasteiger partial charge is 0.374 e. The van der Waals surface area contributed by atoms with Crippen LogP contribution >= 0.6 is 24.0 Å². The van der Waals surface area contributed by atoms with Crippen LogP contribution in [0.1, 0.15) is 63.5 Å². The normalized spacial score (nSPS) is 19.9. The summed E-state index contributed by atoms with van der Waals surface area (Å²) in [6, 6.07) is 8.70. The molecule has 2 aliphatic rings. The topological polar surface area (TPSA) is 66.0 Å². The predicted octanol–water partition coefficient (Wildman–Crippen LogP) is 4.08. The second-order valence-electron chi connectivity index (χ2n) is 8.85. The predicted molar refractivity (Wildman–Crippen MR) is 137 cm³/mol. The summed E-state index contributed by atoms with van der Waals surface area (Å²) in [5, 5.41) is 6.91. The highest BCUT2D eigenvalue weighted by atomic mass is 127. The molecule has 1 unspecified atom stereocenters. The Balaban J connectivity index is 0.00000341. The molecule has 1 saturated carbocycles. The molecule has 0 spiro atoms. The lowest BCUT2D eigenvalue weighted by Gasteiger charge is -2.26. The Morgan fingerprint density at radius 3 is 2.65 bits per heavy atom. The van der Waals surface area contributed by atoms with Crippen molar-refractivity contribution in [2.24, 2.45) is 10.9 Å². The first kappa shape index (κ1) is 25.9. The van der Waals surface area contributed by atoms with Crippen LogP contribution in [0.2, 0.25) is 0 Å². The van der Waals surface area contributed by atoms with E-state index in [1.54, 1.807) is 7.05 Å². The molecule has 1 atom stereocenters. The van der Waals surface area contributed by atoms with Gasteiger partial charge in [-0.25, -0.2) is 0 Å². The van der Waals surface area contributed by atoms with E-state index in [0.717, 1.165) is 38.3 Å². The van der Waals surface area contributed by atoms with Gasteiger partial charge in [0.05, 0.1) is 12.7 Å². The number of rotatable bonds is 7. The standard InChI is InChI=1S/C24H38N4O2.HI/c1-18(2)30-17-20-9-7-8-19(14-20)15-26-24(25-3)27-22-12-13-28(16-22)23(29)21-10-5-4-6-11-21;/h7-9,14,18,21-22H,4-6,10-13,15-17H2,1-3H3,(H2,25,26,27);1H. The van der Waals surface area contributed by atoms with Gasteiger partial charge in [-0.2, -0.15) is 0 Å². The van der Waals surface area contributed by atoms with E-state index in [1.165, 1.54) is 30.4 Å². The van der Waals surface area contributed by atoms with E-state index >= 15 is 0 Å². The molecule has 1 aliphatic carbocycles. The zero-order valence-corrected chi connectivity index (χ0v) is 21.6. The lowest BCUT2D eigenvalue weighted by molar-refractivity contribution is -0.135. The van der Waals surface area contributed by atoms with Gasteiger partial charge in [-0.15, -0.1) is 24.0 Å². The number of carbonyl (C=O) groups is 1. The Morgan fingerprint density at radius 2 is 1.94 bits per heavy atom. The van der Waals surface area contributed by atoms with Gasteiger partial charge in [-0.1, -0.05) is 43.5 Å². The van der Waals surface area contributed by atoms with E-state index in [9.17, 15) is 4.79 Å². The Hall–Kier alpha value is -1.35. The molecule has 31 heavy (non-hydrogen) atoms. The molecule has 0 radical (unpaired) electrons. The van der Waals surface area contributed by atoms with Crippen LogP contribution in [0.3, 0.4) is 0 Å². The summed E-state index contributed by atoms with van der Waals surface area (Å²) in [6.45, 7) is 7.06. The van der Waals surface area contributed by atoms with Crippen LogP contribution in [0.4, 0.5) is 0 Å². The summed E-state index contributed by atoms with van der Waals surface area (Å²) < 4.78 is 5.70. The minimum atomic E-state index is 0. The molecule has 1 saturated heterocycles. The first-order chi connectivity index (χ1) is 14.5. The first-order valence-corrected chi connectivity index (χ1v) is 11.5. The zero-order valence-electron chi connectivity index (χ0n) is 19.2. The van der Waals surface area contributed by atoms with Gasteiger partial charge in [0, 0.05) is 38.6 Å². The maximum Gasteiger partial charge on any atom is 0.225 e. The SMILES string of the molecule is CN=C(NCc1cccc(COC(C)C)c1)NC1CCN(C(=O)C2CCCCC2)C1.I. The maximum atomic E-state index is 12.8. The van der Waals surface area contributed by atoms with E-state index in [1.807, 2.05) is 13.8 Å². The number of hydrogen-bond donors (Lipinski definition) is 2. The van der Waals surface area contributed by atoms with Gasteiger partial charge < -0.3 is 20.3 Å². The van der Waals surface area contributed by atoms with E-state index in [-0.39, 0.29) is 42.0 Å². The van der Waals surface area contributed by atoms with Crippen molar-refractivity contribution < 1.29 is 9.53 Å². The van der Waals surface area contributed by atoms with E-state index in [0.29, 0.717) is 19.1 Å². The van der Waals surface area contributed by atoms with Crippen LogP contribution < -0.4 is 10.6 Å². The van der Waals surface area contributed by atoms with Crippen molar-refractivity contribution in [1.82, 2.24) is 15.5 Å². The molecular weight excluding hydrogens is 503 g/mol. The number of carbonyl (C=O) groups excluding carboxylic acids is 1. The minimum absolute atomic E-state index is 0. The first-order valence-electron chi connectivity index (χ1n) is 11.5. The van der Waals surface area contributed by atoms with Crippen molar-refractivity contribution in [3.63, 3.8) is 0 Å². The molecule has 1 aromatic rings. The average molecular weight is 543 g/mol. The number of nitrogens with zero attached hydrogens (tertiary/aromatic N) is 2. The molecule has 1 heterocycles. The van der Waals surface area contributed by atoms with Crippen LogP contribution in [0.15, 0.2) is 29.3 Å². The number of nitrogens with one attached hydrogen (secondary N) is 2. The second-order valence-corrected chi connectivity index (χ2v) is 8.85. The van der Waals surface area contributed by atoms with Crippen molar-refractivity contribution in [2.45, 2.75) is 77.7 Å². The quantitative estimate of drug-likeness (QED) is 0.310. The van der Waals surface area contributed by atoms with Crippen molar-refractivity contribution in [1.29, 1.82) is 0 Å². The minimum Gasteiger partial charge on any atom is -0.374 e. The van der Waals surface area contributed by atoms with E-state index in [4.69, 9.17) is 4.74 Å². The lowest BCUT2D eigenvalue weighted by Crippen LogP contribution is -2.45. The molecular formula is C24H39IN4O2. The third-order valence-electron chi connectivity index (χ3n) is 6.05. The molecule has 174 valence electrons. The number of hydrogen-bond acceptors (Lipinski definition) is 3. The molecule has 6 nitrogen and oxygen atoms in total. The van der Waals surface area contributed by atoms with Crippen LogP contribution in [-0.4, -0.2) is 49.0 Å². The van der Waals surface area contributed by atoms with Crippen molar-refractivity contribution >= 4 is 35.8 Å². The summed E-state index contributed by atoms with van der Waals surface area (Å²) in [5.41, 5.74) is 2.38. The van der Waals surface area contributed by atoms with Gasteiger partial charge in [0.25, 0.3) is 0 Å². The van der Waals surface area contributed by atoms with Crippen molar-refractivity contribution in [3.8, 4) is 0 Å². The van der Waals surface area contributed by atoms with Crippen LogP contribution in [0.25, 0.3) is 0 Å². The number of benzene rings is 1. The second kappa shape index (κ2) is 13.3. The number of aliphatic imine (C=N–C) groups is 1. The summed E-state index contributed by atoms with van der Waals surface area (Å²) in [6.07, 6.45) is 7.02. The van der Waals surface area contributed by atoms with Gasteiger partial charge in [-0.05, 0) is 44.2 Å². The fraction of sp³-hybridized carbons (Fsp3) is 0.667. The molecule has 1 amide bonds. The Morgan fingerprint density at radius 1 is 1.19 bits per heavy atom. The Kier molecular flexibility index (Phi) is 11.1. The lowest BCUT2D eigenvalue weighted by atomic mass is 9.88. The third-order valence-corrected chi connectivity index (χ3v) is 6.05. The average Bonchev–Trinajstić information content (AvgIpc) is 3.24. The highest BCUT2D eigenvalue weighted by Crippen LogP contribution is 2.26. The van der Waals surface area contributed by atoms with Gasteiger partial charge in [0.2, 0.25) is 5.91 Å². The maximum absolute atomic E-state index is 12.8. The van der Waals surface area contributed by atoms with Gasteiger partial charge >= 0.3 is 0 Å². The Labute approximate surface area is 204 Å². The van der Waals surface area contributed by atoms with Crippen LogP contribution in [0.5, 0.6) is 0 Å². The molecule has 3 rings (SSSR count). The van der Waals surface area contributed by atoms with E-state index in [2.05, 4.69) is 44.8 Å². The summed E-state index contributed by atoms with van der Waals surface area (Å²) in [5.74, 6) is 1.40. The number of guanidine groups is 1. The summed E-state index contributed by atoms with van der Waals surface area (Å²) in [4.78, 5) is 19.2. The summed E-state index contributed by atoms with van der Waals surface area (Å²) in [7, 11) is 1.79. The zero-order chi connectivity index (χ0) is 21.3. The number of halogens is 1. The monoisotopic (exact) mass is 542 g/mol. The number of ether oxygens (including phenoxy) is 1. The molecule has 2 N–H and O–H groups in total. The number of amides is 1. The molecule has 1 aromatic carbocycles. The fourth-order valence-electron chi connectivity index (χ4n) is 4.35. The van der Waals surface area contributed by atoms with Crippen molar-refractivity contribution in [3.05, 3.63) is 35.4 Å². The molecule has 0 bridgehead atoms. The van der Waals surface area contributed by atoms with Gasteiger partial charge in [0.15, 0.2) is 5.96 Å². The smallest absolute Gasteiger partial charge is 0.225 e. The Bertz CT molecular complexity index is 719.